The molecule has 0 spiro atoms. The quantitative estimate of drug-likeness (QED) is 0.0947. The average Bonchev–Trinajstić information content (AvgIpc) is 1.18. The first-order valence-corrected chi connectivity index (χ1v) is 33.2. The molecule has 530 valence electrons. The summed E-state index contributed by atoms with van der Waals surface area (Å²) in [5, 5.41) is 51.6. The van der Waals surface area contributed by atoms with Crippen molar-refractivity contribution in [1.82, 2.24) is 0 Å². The Hall–Kier alpha value is -5.12. The summed E-state index contributed by atoms with van der Waals surface area (Å²) in [4.78, 5) is 118. The molecule has 0 amide bonds. The van der Waals surface area contributed by atoms with Crippen LogP contribution in [0.1, 0.15) is 146 Å². The number of aliphatic hydroxyl groups excluding tert-OH is 4. The van der Waals surface area contributed by atoms with Crippen molar-refractivity contribution in [3.8, 4) is 0 Å². The molecule has 12 aliphatic rings. The number of fused-ring (bicyclic) bond motifs is 15. The van der Waals surface area contributed by atoms with Crippen molar-refractivity contribution in [3.63, 3.8) is 0 Å². The maximum atomic E-state index is 17.2. The molecule has 0 aliphatic heterocycles. The number of aliphatic carboxylic acids is 1. The SMILES string of the molecule is CC(=O)OCC(=O)C1=CC[C@H]2[C@@H]3C[C@H](F)C4=CC(=O)C=C[C@]4(C)[C@@]3(F)[C@@H](O)C[C@]12C.CC(=O)[O-].CCCC(=O)O[C@]1(C(=O)COC(C)=O)CC[C@H]2[C@@H]3C[C@H](F)C4=CC(=O)C=C[C@]4(C)[C@@]3(F)[C@@H](O)C[C@@]21C.C[C@]12C=CC(=O)C=C1[C@@H](F)C[C@H]1[C@@H]3CC=C(C(=O)CO)[C@@]3(C)C[C@H](O)[C@@]12F.[K+]. The Bertz CT molecular complexity index is 3610. The Kier molecular flexibility index (Phi) is 22.4. The monoisotopic (exact) mass is 1400 g/mol. The summed E-state index contributed by atoms with van der Waals surface area (Å²) < 4.78 is 112. The van der Waals surface area contributed by atoms with Crippen LogP contribution in [-0.2, 0) is 62.2 Å². The number of rotatable bonds is 11. The zero-order chi connectivity index (χ0) is 72.1. The van der Waals surface area contributed by atoms with Gasteiger partial charge in [-0.15, -0.1) is 0 Å². The number of aliphatic hydroxyl groups is 4. The molecule has 0 aromatic carbocycles. The van der Waals surface area contributed by atoms with Gasteiger partial charge in [-0.3, -0.25) is 43.2 Å². The number of alkyl halides is 6. The average molecular weight is 1410 g/mol. The standard InChI is InChI=1S/C27H34F2O7.C23H26F2O5.C21H24F2O4.C2H4O2.K/c1-5-6-23(34)36-26(22(33)14-35-15(2)30)10-8-17-18-12-20(28)19-11-16(31)7-9-24(19,3)27(18,29)21(32)13-25(17,26)4;1-12(26)30-11-19(28)15-5-4-14-16-9-18(24)17-8-13(27)6-7-22(17,3)23(16,25)20(29)10-21(14,15)2;1-19-9-18(27)21(23)14(12(19)3-4-13(19)17(26)10-24)8-16(22)15-7-11(25)5-6-20(15,21)2;1-2(3)4;/h7,9,11,17-18,20-21,32H,5-6,8,10,12-14H2,1-4H3;5-8,14,16,18,20,29H,4,9-11H2,1-3H3;4-7,12,14,16,18,24,27H,3,8-10H2,1-2H3;1H3,(H,3,4);/q;;;;+1/p-1/t17-,18-,20-,21-,24-,25-,26-,27-;14-,16-,18-,20-,21-,22-,23-;12-,14-,16-,18-,19-,20-,21-;;/m000../s1. The Labute approximate surface area is 607 Å². The second kappa shape index (κ2) is 27.9. The van der Waals surface area contributed by atoms with Gasteiger partial charge >= 0.3 is 69.3 Å². The number of hydrogen-bond donors (Lipinski definition) is 4. The van der Waals surface area contributed by atoms with E-state index in [0.717, 1.165) is 32.1 Å². The molecule has 18 nitrogen and oxygen atoms in total. The summed E-state index contributed by atoms with van der Waals surface area (Å²) in [5.74, 6) is -9.56. The minimum atomic E-state index is -2.30. The Morgan fingerprint density at radius 3 is 1.29 bits per heavy atom. The van der Waals surface area contributed by atoms with Crippen molar-refractivity contribution < 1.29 is 165 Å². The van der Waals surface area contributed by atoms with Crippen molar-refractivity contribution >= 4 is 58.6 Å². The van der Waals surface area contributed by atoms with Crippen LogP contribution in [0.25, 0.3) is 0 Å². The van der Waals surface area contributed by atoms with Crippen LogP contribution in [-0.4, -0.2) is 158 Å². The Morgan fingerprint density at radius 2 is 0.918 bits per heavy atom. The summed E-state index contributed by atoms with van der Waals surface area (Å²) in [6, 6.07) is 0. The molecule has 0 bridgehead atoms. The van der Waals surface area contributed by atoms with Crippen LogP contribution in [0.2, 0.25) is 0 Å². The van der Waals surface area contributed by atoms with Gasteiger partial charge in [0, 0.05) is 82.1 Å². The van der Waals surface area contributed by atoms with E-state index in [4.69, 9.17) is 24.1 Å². The van der Waals surface area contributed by atoms with Crippen molar-refractivity contribution in [2.24, 2.45) is 68.0 Å². The molecule has 0 radical (unpaired) electrons. The molecule has 0 unspecified atom stereocenters. The smallest absolute Gasteiger partial charge is 0.550 e. The van der Waals surface area contributed by atoms with Gasteiger partial charge in [-0.25, -0.2) is 26.3 Å². The second-order valence-corrected chi connectivity index (χ2v) is 29.9. The summed E-state index contributed by atoms with van der Waals surface area (Å²) >= 11 is 0. The van der Waals surface area contributed by atoms with Crippen LogP contribution in [0.5, 0.6) is 0 Å². The molecule has 12 aliphatic carbocycles. The van der Waals surface area contributed by atoms with E-state index in [1.54, 1.807) is 53.7 Å². The molecule has 22 atom stereocenters. The predicted molar refractivity (Wildman–Crippen MR) is 333 cm³/mol. The topological polar surface area (TPSA) is 302 Å². The molecule has 0 aromatic heterocycles. The third-order valence-corrected chi connectivity index (χ3v) is 24.9. The van der Waals surface area contributed by atoms with Crippen molar-refractivity contribution in [2.75, 3.05) is 19.8 Å². The number of esters is 3. The van der Waals surface area contributed by atoms with Gasteiger partial charge in [-0.1, -0.05) is 58.1 Å². The van der Waals surface area contributed by atoms with Crippen molar-refractivity contribution in [2.45, 2.75) is 206 Å². The first-order valence-electron chi connectivity index (χ1n) is 33.2. The fourth-order valence-electron chi connectivity index (χ4n) is 20.4. The van der Waals surface area contributed by atoms with Crippen LogP contribution in [0.15, 0.2) is 94.7 Å². The Morgan fingerprint density at radius 1 is 0.561 bits per heavy atom. The van der Waals surface area contributed by atoms with Gasteiger partial charge in [-0.2, -0.15) is 0 Å². The van der Waals surface area contributed by atoms with Gasteiger partial charge < -0.3 is 44.5 Å². The number of halogens is 6. The van der Waals surface area contributed by atoms with Gasteiger partial charge in [-0.05, 0) is 175 Å². The number of allylic oxidation sites excluding steroid dienone is 14. The van der Waals surface area contributed by atoms with E-state index in [1.807, 2.05) is 0 Å². The zero-order valence-electron chi connectivity index (χ0n) is 57.2. The molecule has 25 heteroatoms. The maximum Gasteiger partial charge on any atom is 1.00 e. The van der Waals surface area contributed by atoms with E-state index in [9.17, 15) is 63.6 Å². The minimum absolute atomic E-state index is 0. The zero-order valence-corrected chi connectivity index (χ0v) is 60.3. The number of carbonyl (C=O) groups is 10. The molecule has 0 heterocycles. The number of carboxylic acids is 1. The van der Waals surface area contributed by atoms with E-state index in [-0.39, 0.29) is 155 Å². The fourth-order valence-corrected chi connectivity index (χ4v) is 20.4. The molecule has 0 saturated heterocycles. The van der Waals surface area contributed by atoms with Crippen LogP contribution in [0.4, 0.5) is 26.3 Å². The van der Waals surface area contributed by atoms with E-state index >= 15 is 26.3 Å². The van der Waals surface area contributed by atoms with E-state index in [0.29, 0.717) is 30.4 Å². The third-order valence-electron chi connectivity index (χ3n) is 24.9. The van der Waals surface area contributed by atoms with E-state index in [1.165, 1.54) is 50.3 Å². The van der Waals surface area contributed by atoms with Crippen LogP contribution < -0.4 is 56.5 Å². The largest absolute Gasteiger partial charge is 1.00 e. The molecule has 7 fully saturated rings. The third kappa shape index (κ3) is 12.1. The van der Waals surface area contributed by atoms with Gasteiger partial charge in [0.2, 0.25) is 5.78 Å². The molecular weight excluding hydrogens is 1320 g/mol. The van der Waals surface area contributed by atoms with Gasteiger partial charge in [0.15, 0.2) is 64.7 Å². The number of Topliss-reactive ketones (excluding diaryl/α,β-unsaturated/α-hetero) is 3. The van der Waals surface area contributed by atoms with Gasteiger partial charge in [0.05, 0.1) is 18.3 Å². The second-order valence-electron chi connectivity index (χ2n) is 29.9. The fraction of sp³-hybridized carbons (Fsp3) is 0.644. The van der Waals surface area contributed by atoms with Crippen LogP contribution >= 0.6 is 0 Å². The number of carboxylic acid groups (broad SMARTS) is 1. The summed E-state index contributed by atoms with van der Waals surface area (Å²) in [5.41, 5.74) is -14.6. The number of carbonyl (C=O) groups excluding carboxylic acids is 10. The Balaban J connectivity index is 0.000000183. The normalized spacial score (nSPS) is 43.0. The summed E-state index contributed by atoms with van der Waals surface area (Å²) in [6.07, 6.45) is 6.45. The molecule has 7 saturated carbocycles. The molecule has 0 aromatic rings. The first-order chi connectivity index (χ1) is 45.0. The molecule has 4 N–H and O–H groups in total. The van der Waals surface area contributed by atoms with Gasteiger partial charge in [0.25, 0.3) is 0 Å². The molecule has 98 heavy (non-hydrogen) atoms. The van der Waals surface area contributed by atoms with Crippen molar-refractivity contribution in [1.29, 1.82) is 0 Å². The summed E-state index contributed by atoms with van der Waals surface area (Å²) in [6.45, 7) is 13.3. The van der Waals surface area contributed by atoms with E-state index < -0.39 is 177 Å². The predicted octanol–water partition coefficient (Wildman–Crippen LogP) is 4.66. The minimum Gasteiger partial charge on any atom is -0.550 e. The molecular formula is C73H87F6KO18. The number of hydrogen-bond acceptors (Lipinski definition) is 18. The van der Waals surface area contributed by atoms with Crippen LogP contribution in [0, 0.1) is 68.0 Å². The number of ketones is 6. The number of ether oxygens (including phenoxy) is 3. The van der Waals surface area contributed by atoms with Crippen LogP contribution in [0.3, 0.4) is 0 Å². The molecule has 12 rings (SSSR count). The van der Waals surface area contributed by atoms with Gasteiger partial charge in [0.1, 0.15) is 25.1 Å². The maximum absolute atomic E-state index is 17.2. The van der Waals surface area contributed by atoms with E-state index in [2.05, 4.69) is 0 Å². The first kappa shape index (κ1) is 78.6. The summed E-state index contributed by atoms with van der Waals surface area (Å²) in [7, 11) is 0. The van der Waals surface area contributed by atoms with Crippen molar-refractivity contribution in [3.05, 3.63) is 94.7 Å².